The quantitative estimate of drug-likeness (QED) is 0.648. The number of rotatable bonds is 2. The summed E-state index contributed by atoms with van der Waals surface area (Å²) >= 11 is 0. The van der Waals surface area contributed by atoms with Crippen molar-refractivity contribution in [3.8, 4) is 0 Å². The molecule has 1 N–H and O–H groups in total. The molecule has 2 heteroatoms. The normalized spacial score (nSPS) is 10.0. The molecular formula is C7H10O2. The van der Waals surface area contributed by atoms with Crippen LogP contribution in [-0.2, 0) is 13.0 Å². The summed E-state index contributed by atoms with van der Waals surface area (Å²) in [5.74, 6) is 1.57. The first-order chi connectivity index (χ1) is 4.36. The topological polar surface area (TPSA) is 33.4 Å². The van der Waals surface area contributed by atoms with E-state index in [-0.39, 0.29) is 6.61 Å². The van der Waals surface area contributed by atoms with Gasteiger partial charge >= 0.3 is 0 Å². The van der Waals surface area contributed by atoms with Crippen molar-refractivity contribution in [2.45, 2.75) is 20.0 Å². The fourth-order valence-corrected chi connectivity index (χ4v) is 0.697. The highest BCUT2D eigenvalue weighted by Crippen LogP contribution is 2.07. The fourth-order valence-electron chi connectivity index (χ4n) is 0.697. The fraction of sp³-hybridized carbons (Fsp3) is 0.429. The Balaban J connectivity index is 2.74. The molecule has 0 bridgehead atoms. The van der Waals surface area contributed by atoms with Crippen molar-refractivity contribution < 1.29 is 9.52 Å². The van der Waals surface area contributed by atoms with Gasteiger partial charge in [0, 0.05) is 6.42 Å². The molecule has 0 saturated heterocycles. The molecule has 0 saturated carbocycles. The second kappa shape index (κ2) is 2.69. The molecule has 0 aromatic carbocycles. The van der Waals surface area contributed by atoms with Gasteiger partial charge in [0.15, 0.2) is 0 Å². The van der Waals surface area contributed by atoms with Crippen LogP contribution in [0.3, 0.4) is 0 Å². The second-order valence-electron chi connectivity index (χ2n) is 1.88. The minimum atomic E-state index is 0. The Morgan fingerprint density at radius 1 is 1.44 bits per heavy atom. The summed E-state index contributed by atoms with van der Waals surface area (Å²) in [4.78, 5) is 0. The Kier molecular flexibility index (Phi) is 1.90. The number of aliphatic hydroxyl groups is 1. The molecule has 0 spiro atoms. The molecule has 1 aromatic heterocycles. The van der Waals surface area contributed by atoms with Crippen molar-refractivity contribution in [3.05, 3.63) is 23.7 Å². The van der Waals surface area contributed by atoms with Crippen LogP contribution in [0.1, 0.15) is 18.4 Å². The molecule has 0 aliphatic rings. The van der Waals surface area contributed by atoms with E-state index in [1.165, 1.54) is 0 Å². The Hall–Kier alpha value is -0.760. The SMILES string of the molecule is CCc1ccc(CO)o1. The third-order valence-corrected chi connectivity index (χ3v) is 1.22. The van der Waals surface area contributed by atoms with Crippen molar-refractivity contribution in [3.63, 3.8) is 0 Å². The molecule has 50 valence electrons. The van der Waals surface area contributed by atoms with Crippen molar-refractivity contribution in [1.82, 2.24) is 0 Å². The predicted molar refractivity (Wildman–Crippen MR) is 34.0 cm³/mol. The van der Waals surface area contributed by atoms with E-state index in [1.807, 2.05) is 13.0 Å². The average molecular weight is 126 g/mol. The Morgan fingerprint density at radius 3 is 2.44 bits per heavy atom. The van der Waals surface area contributed by atoms with Gasteiger partial charge in [0.1, 0.15) is 18.1 Å². The van der Waals surface area contributed by atoms with Crippen molar-refractivity contribution in [1.29, 1.82) is 0 Å². The van der Waals surface area contributed by atoms with E-state index in [9.17, 15) is 0 Å². The molecule has 0 aliphatic heterocycles. The van der Waals surface area contributed by atoms with E-state index >= 15 is 0 Å². The largest absolute Gasteiger partial charge is 0.464 e. The predicted octanol–water partition coefficient (Wildman–Crippen LogP) is 1.33. The van der Waals surface area contributed by atoms with Crippen LogP contribution in [0, 0.1) is 0 Å². The highest BCUT2D eigenvalue weighted by molar-refractivity contribution is 5.05. The second-order valence-corrected chi connectivity index (χ2v) is 1.88. The number of aliphatic hydroxyl groups excluding tert-OH is 1. The van der Waals surface area contributed by atoms with Gasteiger partial charge in [-0.15, -0.1) is 0 Å². The van der Waals surface area contributed by atoms with E-state index in [0.717, 1.165) is 12.2 Å². The molecule has 2 nitrogen and oxygen atoms in total. The maximum Gasteiger partial charge on any atom is 0.129 e. The molecule has 0 aliphatic carbocycles. The Bertz CT molecular complexity index is 160. The third kappa shape index (κ3) is 1.33. The molecule has 1 heterocycles. The smallest absolute Gasteiger partial charge is 0.129 e. The van der Waals surface area contributed by atoms with E-state index in [1.54, 1.807) is 6.07 Å². The van der Waals surface area contributed by atoms with Crippen LogP contribution in [0.25, 0.3) is 0 Å². The molecule has 1 rings (SSSR count). The van der Waals surface area contributed by atoms with E-state index in [0.29, 0.717) is 5.76 Å². The third-order valence-electron chi connectivity index (χ3n) is 1.22. The monoisotopic (exact) mass is 126 g/mol. The summed E-state index contributed by atoms with van der Waals surface area (Å²) in [5, 5.41) is 8.55. The van der Waals surface area contributed by atoms with Gasteiger partial charge in [0.2, 0.25) is 0 Å². The zero-order chi connectivity index (χ0) is 6.69. The molecule has 0 atom stereocenters. The van der Waals surface area contributed by atoms with Gasteiger partial charge in [-0.1, -0.05) is 6.92 Å². The van der Waals surface area contributed by atoms with Crippen LogP contribution < -0.4 is 0 Å². The maximum atomic E-state index is 8.55. The molecule has 0 radical (unpaired) electrons. The van der Waals surface area contributed by atoms with E-state index < -0.39 is 0 Å². The summed E-state index contributed by atoms with van der Waals surface area (Å²) in [6.07, 6.45) is 0.889. The van der Waals surface area contributed by atoms with Crippen LogP contribution in [0.2, 0.25) is 0 Å². The lowest BCUT2D eigenvalue weighted by Gasteiger charge is -1.86. The van der Waals surface area contributed by atoms with Crippen molar-refractivity contribution in [2.24, 2.45) is 0 Å². The maximum absolute atomic E-state index is 8.55. The van der Waals surface area contributed by atoms with Crippen molar-refractivity contribution in [2.75, 3.05) is 0 Å². The molecule has 0 unspecified atom stereocenters. The number of furan rings is 1. The lowest BCUT2D eigenvalue weighted by molar-refractivity contribution is 0.244. The van der Waals surface area contributed by atoms with Gasteiger partial charge in [-0.2, -0.15) is 0 Å². The number of hydrogen-bond acceptors (Lipinski definition) is 2. The van der Waals surface area contributed by atoms with E-state index in [4.69, 9.17) is 9.52 Å². The highest BCUT2D eigenvalue weighted by atomic mass is 16.4. The molecule has 0 amide bonds. The van der Waals surface area contributed by atoms with E-state index in [2.05, 4.69) is 0 Å². The summed E-state index contributed by atoms with van der Waals surface area (Å²) in [6, 6.07) is 3.67. The Morgan fingerprint density at radius 2 is 2.11 bits per heavy atom. The van der Waals surface area contributed by atoms with Crippen LogP contribution in [0.4, 0.5) is 0 Å². The van der Waals surface area contributed by atoms with Gasteiger partial charge in [-0.05, 0) is 12.1 Å². The van der Waals surface area contributed by atoms with Crippen LogP contribution in [-0.4, -0.2) is 5.11 Å². The number of hydrogen-bond donors (Lipinski definition) is 1. The Labute approximate surface area is 54.1 Å². The number of aryl methyl sites for hydroxylation is 1. The zero-order valence-electron chi connectivity index (χ0n) is 5.42. The average Bonchev–Trinajstić information content (AvgIpc) is 2.34. The first-order valence-electron chi connectivity index (χ1n) is 3.05. The van der Waals surface area contributed by atoms with Crippen LogP contribution >= 0.6 is 0 Å². The van der Waals surface area contributed by atoms with Gasteiger partial charge in [0.05, 0.1) is 0 Å². The summed E-state index contributed by atoms with van der Waals surface area (Å²) < 4.78 is 5.13. The first-order valence-corrected chi connectivity index (χ1v) is 3.05. The summed E-state index contributed by atoms with van der Waals surface area (Å²) in [5.41, 5.74) is 0. The molecule has 1 aromatic rings. The van der Waals surface area contributed by atoms with Gasteiger partial charge in [0.25, 0.3) is 0 Å². The molecular weight excluding hydrogens is 116 g/mol. The lowest BCUT2D eigenvalue weighted by Crippen LogP contribution is -1.75. The highest BCUT2D eigenvalue weighted by Gasteiger charge is 1.95. The standard InChI is InChI=1S/C7H10O2/c1-2-6-3-4-7(5-8)9-6/h3-4,8H,2,5H2,1H3. The molecule has 9 heavy (non-hydrogen) atoms. The molecule has 0 fully saturated rings. The lowest BCUT2D eigenvalue weighted by atomic mass is 10.4. The van der Waals surface area contributed by atoms with Crippen molar-refractivity contribution >= 4 is 0 Å². The minimum Gasteiger partial charge on any atom is -0.464 e. The van der Waals surface area contributed by atoms with Gasteiger partial charge < -0.3 is 9.52 Å². The van der Waals surface area contributed by atoms with Crippen LogP contribution in [0.15, 0.2) is 16.5 Å². The summed E-state index contributed by atoms with van der Waals surface area (Å²) in [7, 11) is 0. The summed E-state index contributed by atoms with van der Waals surface area (Å²) in [6.45, 7) is 2.01. The van der Waals surface area contributed by atoms with Gasteiger partial charge in [-0.3, -0.25) is 0 Å². The minimum absolute atomic E-state index is 0. The van der Waals surface area contributed by atoms with Crippen LogP contribution in [0.5, 0.6) is 0 Å². The zero-order valence-corrected chi connectivity index (χ0v) is 5.42. The van der Waals surface area contributed by atoms with Gasteiger partial charge in [-0.25, -0.2) is 0 Å². The first kappa shape index (κ1) is 6.36.